The number of hydrogen-bond acceptors (Lipinski definition) is 3. The Balaban J connectivity index is 2.04. The molecule has 5 heteroatoms. The lowest BCUT2D eigenvalue weighted by molar-refractivity contribution is -0.142. The van der Waals surface area contributed by atoms with Gasteiger partial charge in [-0.25, -0.2) is 0 Å². The number of carboxylic acids is 1. The van der Waals surface area contributed by atoms with Crippen LogP contribution in [-0.2, 0) is 9.59 Å². The van der Waals surface area contributed by atoms with Crippen LogP contribution in [-0.4, -0.2) is 34.5 Å². The molecule has 2 atom stereocenters. The van der Waals surface area contributed by atoms with E-state index in [9.17, 15) is 9.59 Å². The van der Waals surface area contributed by atoms with Gasteiger partial charge >= 0.3 is 5.97 Å². The van der Waals surface area contributed by atoms with Crippen LogP contribution in [0.25, 0.3) is 6.08 Å². The molecule has 1 aliphatic rings. The summed E-state index contributed by atoms with van der Waals surface area (Å²) in [5, 5.41) is 11.0. The molecule has 0 aromatic carbocycles. The standard InChI is InChI=1S/C14H17NO3S/c1-9-6-8-19-12(9)3-4-13(16)15-7-5-11(10(15)2)14(17)18/h3-4,6,8,10-11H,5,7H2,1-2H3,(H,17,18). The van der Waals surface area contributed by atoms with Gasteiger partial charge in [0.15, 0.2) is 0 Å². The van der Waals surface area contributed by atoms with Crippen molar-refractivity contribution in [2.24, 2.45) is 5.92 Å². The molecule has 0 spiro atoms. The molecule has 2 rings (SSSR count). The van der Waals surface area contributed by atoms with Crippen LogP contribution in [0.4, 0.5) is 0 Å². The van der Waals surface area contributed by atoms with Crippen LogP contribution in [0.3, 0.4) is 0 Å². The Morgan fingerprint density at radius 3 is 2.79 bits per heavy atom. The fourth-order valence-electron chi connectivity index (χ4n) is 2.38. The summed E-state index contributed by atoms with van der Waals surface area (Å²) in [7, 11) is 0. The zero-order valence-corrected chi connectivity index (χ0v) is 11.8. The quantitative estimate of drug-likeness (QED) is 0.864. The number of rotatable bonds is 3. The van der Waals surface area contributed by atoms with E-state index in [1.165, 1.54) is 0 Å². The van der Waals surface area contributed by atoms with Gasteiger partial charge in [0, 0.05) is 23.5 Å². The van der Waals surface area contributed by atoms with Crippen molar-refractivity contribution in [3.63, 3.8) is 0 Å². The lowest BCUT2D eigenvalue weighted by Gasteiger charge is -2.21. The Kier molecular flexibility index (Phi) is 4.04. The van der Waals surface area contributed by atoms with Crippen LogP contribution in [0.15, 0.2) is 17.5 Å². The van der Waals surface area contributed by atoms with E-state index in [-0.39, 0.29) is 11.9 Å². The number of carbonyl (C=O) groups is 2. The maximum absolute atomic E-state index is 12.1. The fourth-order valence-corrected chi connectivity index (χ4v) is 3.20. The molecule has 0 radical (unpaired) electrons. The van der Waals surface area contributed by atoms with E-state index in [2.05, 4.69) is 0 Å². The van der Waals surface area contributed by atoms with Gasteiger partial charge in [-0.3, -0.25) is 9.59 Å². The summed E-state index contributed by atoms with van der Waals surface area (Å²) in [6, 6.07) is 1.77. The van der Waals surface area contributed by atoms with Gasteiger partial charge in [-0.15, -0.1) is 11.3 Å². The van der Waals surface area contributed by atoms with Crippen LogP contribution < -0.4 is 0 Å². The predicted octanol–water partition coefficient (Wildman–Crippen LogP) is 2.39. The van der Waals surface area contributed by atoms with Crippen molar-refractivity contribution >= 4 is 29.3 Å². The molecule has 0 saturated carbocycles. The topological polar surface area (TPSA) is 57.6 Å². The predicted molar refractivity (Wildman–Crippen MR) is 75.0 cm³/mol. The Morgan fingerprint density at radius 2 is 2.26 bits per heavy atom. The maximum atomic E-state index is 12.1. The molecule has 1 fully saturated rings. The molecule has 1 aromatic rings. The fraction of sp³-hybridized carbons (Fsp3) is 0.429. The highest BCUT2D eigenvalue weighted by atomic mass is 32.1. The molecular formula is C14H17NO3S. The van der Waals surface area contributed by atoms with Crippen LogP contribution in [0.2, 0.25) is 0 Å². The number of hydrogen-bond donors (Lipinski definition) is 1. The second-order valence-electron chi connectivity index (χ2n) is 4.81. The lowest BCUT2D eigenvalue weighted by Crippen LogP contribution is -2.36. The number of carbonyl (C=O) groups excluding carboxylic acids is 1. The number of carboxylic acid groups (broad SMARTS) is 1. The minimum atomic E-state index is -0.819. The van der Waals surface area contributed by atoms with E-state index >= 15 is 0 Å². The smallest absolute Gasteiger partial charge is 0.308 e. The maximum Gasteiger partial charge on any atom is 0.308 e. The third-order valence-corrected chi connectivity index (χ3v) is 4.62. The summed E-state index contributed by atoms with van der Waals surface area (Å²) in [5.41, 5.74) is 1.15. The van der Waals surface area contributed by atoms with Crippen molar-refractivity contribution < 1.29 is 14.7 Å². The van der Waals surface area contributed by atoms with Crippen LogP contribution in [0.5, 0.6) is 0 Å². The molecule has 102 valence electrons. The van der Waals surface area contributed by atoms with E-state index < -0.39 is 11.9 Å². The summed E-state index contributed by atoms with van der Waals surface area (Å²) < 4.78 is 0. The van der Waals surface area contributed by atoms with Crippen molar-refractivity contribution in [3.05, 3.63) is 28.0 Å². The Bertz CT molecular complexity index is 521. The van der Waals surface area contributed by atoms with Gasteiger partial charge < -0.3 is 10.0 Å². The van der Waals surface area contributed by atoms with Gasteiger partial charge in [0.1, 0.15) is 0 Å². The Labute approximate surface area is 116 Å². The first-order valence-corrected chi connectivity index (χ1v) is 7.14. The highest BCUT2D eigenvalue weighted by molar-refractivity contribution is 7.11. The number of nitrogens with zero attached hydrogens (tertiary/aromatic N) is 1. The largest absolute Gasteiger partial charge is 0.481 e. The first-order valence-electron chi connectivity index (χ1n) is 6.26. The van der Waals surface area contributed by atoms with Crippen LogP contribution in [0.1, 0.15) is 23.8 Å². The highest BCUT2D eigenvalue weighted by Gasteiger charge is 2.37. The van der Waals surface area contributed by atoms with Gasteiger partial charge in [0.25, 0.3) is 0 Å². The summed E-state index contributed by atoms with van der Waals surface area (Å²) in [5.74, 6) is -1.37. The molecule has 1 N–H and O–H groups in total. The van der Waals surface area contributed by atoms with Gasteiger partial charge in [0.2, 0.25) is 5.91 Å². The van der Waals surface area contributed by atoms with Crippen LogP contribution >= 0.6 is 11.3 Å². The SMILES string of the molecule is Cc1ccsc1C=CC(=O)N1CCC(C(=O)O)C1C. The molecule has 1 saturated heterocycles. The first kappa shape index (κ1) is 13.8. The highest BCUT2D eigenvalue weighted by Crippen LogP contribution is 2.25. The van der Waals surface area contributed by atoms with E-state index in [0.29, 0.717) is 13.0 Å². The molecule has 19 heavy (non-hydrogen) atoms. The summed E-state index contributed by atoms with van der Waals surface area (Å²) >= 11 is 1.59. The van der Waals surface area contributed by atoms with E-state index in [1.54, 1.807) is 29.2 Å². The van der Waals surface area contributed by atoms with Gasteiger partial charge in [0.05, 0.1) is 5.92 Å². The number of thiophene rings is 1. The summed E-state index contributed by atoms with van der Waals surface area (Å²) in [4.78, 5) is 25.8. The average Bonchev–Trinajstić information content (AvgIpc) is 2.92. The monoisotopic (exact) mass is 279 g/mol. The second-order valence-corrected chi connectivity index (χ2v) is 5.75. The molecule has 1 aliphatic heterocycles. The molecule has 4 nitrogen and oxygen atoms in total. The van der Waals surface area contributed by atoms with Crippen molar-refractivity contribution in [1.29, 1.82) is 0 Å². The Hall–Kier alpha value is -1.62. The Morgan fingerprint density at radius 1 is 1.53 bits per heavy atom. The zero-order chi connectivity index (χ0) is 14.0. The normalized spacial score (nSPS) is 23.2. The molecule has 2 heterocycles. The summed E-state index contributed by atoms with van der Waals surface area (Å²) in [6.45, 7) is 4.32. The van der Waals surface area contributed by atoms with E-state index in [0.717, 1.165) is 10.4 Å². The van der Waals surface area contributed by atoms with Crippen LogP contribution in [0, 0.1) is 12.8 Å². The van der Waals surface area contributed by atoms with Gasteiger partial charge in [-0.2, -0.15) is 0 Å². The molecule has 2 unspecified atom stereocenters. The number of aryl methyl sites for hydroxylation is 1. The molecule has 0 bridgehead atoms. The van der Waals surface area contributed by atoms with Crippen molar-refractivity contribution in [3.8, 4) is 0 Å². The van der Waals surface area contributed by atoms with Crippen molar-refractivity contribution in [1.82, 2.24) is 4.90 Å². The van der Waals surface area contributed by atoms with Crippen molar-refractivity contribution in [2.75, 3.05) is 6.54 Å². The van der Waals surface area contributed by atoms with Gasteiger partial charge in [-0.05, 0) is 43.4 Å². The third kappa shape index (κ3) is 2.87. The summed E-state index contributed by atoms with van der Waals surface area (Å²) in [6.07, 6.45) is 3.89. The molecule has 0 aliphatic carbocycles. The van der Waals surface area contributed by atoms with E-state index in [1.807, 2.05) is 24.4 Å². The molecule has 1 aromatic heterocycles. The van der Waals surface area contributed by atoms with Crippen molar-refractivity contribution in [2.45, 2.75) is 26.3 Å². The van der Waals surface area contributed by atoms with Gasteiger partial charge in [-0.1, -0.05) is 0 Å². The average molecular weight is 279 g/mol. The second kappa shape index (κ2) is 5.57. The number of amides is 1. The minimum absolute atomic E-state index is 0.107. The van der Waals surface area contributed by atoms with E-state index in [4.69, 9.17) is 5.11 Å². The number of likely N-dealkylation sites (tertiary alicyclic amines) is 1. The number of aliphatic carboxylic acids is 1. The zero-order valence-electron chi connectivity index (χ0n) is 11.0. The first-order chi connectivity index (χ1) is 9.00. The minimum Gasteiger partial charge on any atom is -0.481 e. The molecule has 1 amide bonds. The third-order valence-electron chi connectivity index (χ3n) is 3.63. The molecular weight excluding hydrogens is 262 g/mol. The lowest BCUT2D eigenvalue weighted by atomic mass is 10.0.